The van der Waals surface area contributed by atoms with Crippen molar-refractivity contribution >= 4 is 38.9 Å². The van der Waals surface area contributed by atoms with Gasteiger partial charge in [0.1, 0.15) is 10.8 Å². The molecule has 0 amide bonds. The van der Waals surface area contributed by atoms with Crippen LogP contribution in [0.3, 0.4) is 0 Å². The average Bonchev–Trinajstić information content (AvgIpc) is 3.10. The number of nitrogens with zero attached hydrogens (tertiary/aromatic N) is 1. The van der Waals surface area contributed by atoms with Crippen molar-refractivity contribution in [3.63, 3.8) is 0 Å². The van der Waals surface area contributed by atoms with Gasteiger partial charge in [0.2, 0.25) is 0 Å². The van der Waals surface area contributed by atoms with Crippen LogP contribution in [-0.2, 0) is 37.3 Å². The third kappa shape index (κ3) is 4.83. The molecule has 1 aromatic heterocycles. The number of sulfonamides is 1. The molecule has 0 saturated carbocycles. The maximum Gasteiger partial charge on any atom is 0.311 e. The summed E-state index contributed by atoms with van der Waals surface area (Å²) < 4.78 is 37.2. The Bertz CT molecular complexity index is 875. The van der Waals surface area contributed by atoms with Crippen molar-refractivity contribution in [2.24, 2.45) is 0 Å². The zero-order valence-corrected chi connectivity index (χ0v) is 16.3. The van der Waals surface area contributed by atoms with Crippen molar-refractivity contribution in [2.45, 2.75) is 17.2 Å². The minimum absolute atomic E-state index is 0.0316. The Hall–Kier alpha value is -1.45. The molecule has 0 N–H and O–H groups in total. The van der Waals surface area contributed by atoms with E-state index in [1.54, 1.807) is 24.3 Å². The Kier molecular flexibility index (Phi) is 6.31. The number of ether oxygens (including phenoxy) is 2. The van der Waals surface area contributed by atoms with Crippen LogP contribution in [0.1, 0.15) is 10.4 Å². The van der Waals surface area contributed by atoms with Gasteiger partial charge in [0.05, 0.1) is 19.6 Å². The van der Waals surface area contributed by atoms with Gasteiger partial charge in [0.25, 0.3) is 10.0 Å². The summed E-state index contributed by atoms with van der Waals surface area (Å²) in [6, 6.07) is 10.3. The van der Waals surface area contributed by atoms with Crippen molar-refractivity contribution in [2.75, 3.05) is 26.3 Å². The molecule has 1 aromatic carbocycles. The molecular formula is C17H18ClNO5S2. The lowest BCUT2D eigenvalue weighted by Gasteiger charge is -2.25. The molecule has 2 aromatic rings. The molecule has 0 atom stereocenters. The summed E-state index contributed by atoms with van der Waals surface area (Å²) in [5.74, 6) is -0.415. The summed E-state index contributed by atoms with van der Waals surface area (Å²) in [6.07, 6.45) is 0.0316. The number of benzene rings is 1. The molecule has 0 radical (unpaired) electrons. The number of thiophene rings is 1. The summed E-state index contributed by atoms with van der Waals surface area (Å²) in [5.41, 5.74) is 0.799. The van der Waals surface area contributed by atoms with Gasteiger partial charge in [-0.1, -0.05) is 23.7 Å². The van der Waals surface area contributed by atoms with Crippen LogP contribution in [0.4, 0.5) is 0 Å². The second kappa shape index (κ2) is 8.49. The first kappa shape index (κ1) is 19.3. The molecule has 1 fully saturated rings. The van der Waals surface area contributed by atoms with Crippen LogP contribution in [0.5, 0.6) is 0 Å². The van der Waals surface area contributed by atoms with Gasteiger partial charge in [-0.05, 0) is 29.8 Å². The van der Waals surface area contributed by atoms with Gasteiger partial charge in [0, 0.05) is 23.0 Å². The van der Waals surface area contributed by atoms with Crippen LogP contribution in [0.2, 0.25) is 5.02 Å². The van der Waals surface area contributed by atoms with Gasteiger partial charge in [-0.2, -0.15) is 4.31 Å². The van der Waals surface area contributed by atoms with E-state index in [2.05, 4.69) is 0 Å². The van der Waals surface area contributed by atoms with Crippen LogP contribution < -0.4 is 0 Å². The molecule has 9 heteroatoms. The molecule has 1 saturated heterocycles. The maximum absolute atomic E-state index is 12.6. The Balaban J connectivity index is 1.58. The largest absolute Gasteiger partial charge is 0.461 e. The zero-order chi connectivity index (χ0) is 18.6. The molecule has 0 aliphatic carbocycles. The van der Waals surface area contributed by atoms with E-state index in [0.29, 0.717) is 36.2 Å². The summed E-state index contributed by atoms with van der Waals surface area (Å²) in [7, 11) is -3.53. The Morgan fingerprint density at radius 2 is 2.00 bits per heavy atom. The van der Waals surface area contributed by atoms with Crippen LogP contribution in [-0.4, -0.2) is 45.0 Å². The van der Waals surface area contributed by atoms with E-state index < -0.39 is 16.0 Å². The molecule has 2 heterocycles. The van der Waals surface area contributed by atoms with E-state index in [1.165, 1.54) is 10.4 Å². The molecule has 1 aliphatic heterocycles. The van der Waals surface area contributed by atoms with E-state index in [0.717, 1.165) is 16.9 Å². The first-order chi connectivity index (χ1) is 12.4. The minimum atomic E-state index is -3.53. The second-order valence-electron chi connectivity index (χ2n) is 5.70. The van der Waals surface area contributed by atoms with Crippen LogP contribution in [0.15, 0.2) is 40.6 Å². The number of morpholine rings is 1. The summed E-state index contributed by atoms with van der Waals surface area (Å²) >= 11 is 6.99. The standard InChI is InChI=1S/C17H18ClNO5S2/c18-14-3-1-2-13(10-14)12-24-16(20)11-15-4-5-17(25-15)26(21,22)19-6-8-23-9-7-19/h1-5,10H,6-9,11-12H2. The van der Waals surface area contributed by atoms with Crippen molar-refractivity contribution in [3.8, 4) is 0 Å². The van der Waals surface area contributed by atoms with Crippen molar-refractivity contribution in [1.82, 2.24) is 4.31 Å². The minimum Gasteiger partial charge on any atom is -0.461 e. The Morgan fingerprint density at radius 3 is 2.73 bits per heavy atom. The van der Waals surface area contributed by atoms with E-state index in [-0.39, 0.29) is 17.2 Å². The van der Waals surface area contributed by atoms with E-state index >= 15 is 0 Å². The Labute approximate surface area is 161 Å². The quantitative estimate of drug-likeness (QED) is 0.678. The van der Waals surface area contributed by atoms with Gasteiger partial charge in [-0.3, -0.25) is 4.79 Å². The summed E-state index contributed by atoms with van der Waals surface area (Å²) in [5, 5.41) is 0.578. The molecule has 140 valence electrons. The fourth-order valence-electron chi connectivity index (χ4n) is 2.49. The van der Waals surface area contributed by atoms with Gasteiger partial charge in [-0.15, -0.1) is 11.3 Å². The summed E-state index contributed by atoms with van der Waals surface area (Å²) in [6.45, 7) is 1.61. The van der Waals surface area contributed by atoms with Crippen molar-refractivity contribution in [1.29, 1.82) is 0 Å². The Morgan fingerprint density at radius 1 is 1.23 bits per heavy atom. The number of esters is 1. The van der Waals surface area contributed by atoms with Crippen molar-refractivity contribution < 1.29 is 22.7 Å². The molecule has 3 rings (SSSR count). The molecule has 6 nitrogen and oxygen atoms in total. The molecule has 26 heavy (non-hydrogen) atoms. The highest BCUT2D eigenvalue weighted by molar-refractivity contribution is 7.91. The first-order valence-electron chi connectivity index (χ1n) is 8.02. The first-order valence-corrected chi connectivity index (χ1v) is 10.7. The monoisotopic (exact) mass is 415 g/mol. The summed E-state index contributed by atoms with van der Waals surface area (Å²) in [4.78, 5) is 12.7. The van der Waals surface area contributed by atoms with Crippen LogP contribution in [0.25, 0.3) is 0 Å². The highest BCUT2D eigenvalue weighted by Crippen LogP contribution is 2.26. The lowest BCUT2D eigenvalue weighted by molar-refractivity contribution is -0.144. The fraction of sp³-hybridized carbons (Fsp3) is 0.353. The highest BCUT2D eigenvalue weighted by atomic mass is 35.5. The number of carbonyl (C=O) groups excluding carboxylic acids is 1. The van der Waals surface area contributed by atoms with Gasteiger partial charge >= 0.3 is 5.97 Å². The lowest BCUT2D eigenvalue weighted by Crippen LogP contribution is -2.40. The van der Waals surface area contributed by atoms with Crippen molar-refractivity contribution in [3.05, 3.63) is 51.9 Å². The number of halogens is 1. The molecule has 0 unspecified atom stereocenters. The number of hydrogen-bond acceptors (Lipinski definition) is 6. The number of carbonyl (C=O) groups is 1. The van der Waals surface area contributed by atoms with Gasteiger partial charge in [0.15, 0.2) is 0 Å². The van der Waals surface area contributed by atoms with Gasteiger partial charge in [-0.25, -0.2) is 8.42 Å². The zero-order valence-electron chi connectivity index (χ0n) is 13.9. The smallest absolute Gasteiger partial charge is 0.311 e. The average molecular weight is 416 g/mol. The SMILES string of the molecule is O=C(Cc1ccc(S(=O)(=O)N2CCOCC2)s1)OCc1cccc(Cl)c1. The van der Waals surface area contributed by atoms with E-state index in [1.807, 2.05) is 6.07 Å². The van der Waals surface area contributed by atoms with E-state index in [9.17, 15) is 13.2 Å². The normalized spacial score (nSPS) is 15.7. The fourth-order valence-corrected chi connectivity index (χ4v) is 5.61. The molecule has 0 bridgehead atoms. The van der Waals surface area contributed by atoms with Gasteiger partial charge < -0.3 is 9.47 Å². The van der Waals surface area contributed by atoms with Crippen LogP contribution in [0, 0.1) is 0 Å². The number of hydrogen-bond donors (Lipinski definition) is 0. The third-order valence-electron chi connectivity index (χ3n) is 3.81. The number of rotatable bonds is 6. The molecule has 1 aliphatic rings. The highest BCUT2D eigenvalue weighted by Gasteiger charge is 2.28. The predicted molar refractivity (Wildman–Crippen MR) is 98.8 cm³/mol. The third-order valence-corrected chi connectivity index (χ3v) is 7.49. The second-order valence-corrected chi connectivity index (χ2v) is 9.47. The topological polar surface area (TPSA) is 72.9 Å². The maximum atomic E-state index is 12.6. The lowest BCUT2D eigenvalue weighted by atomic mass is 10.2. The molecular weight excluding hydrogens is 398 g/mol. The van der Waals surface area contributed by atoms with Crippen LogP contribution >= 0.6 is 22.9 Å². The molecule has 0 spiro atoms. The van der Waals surface area contributed by atoms with E-state index in [4.69, 9.17) is 21.1 Å². The predicted octanol–water partition coefficient (Wildman–Crippen LogP) is 2.71.